The summed E-state index contributed by atoms with van der Waals surface area (Å²) in [4.78, 5) is 3.43. The summed E-state index contributed by atoms with van der Waals surface area (Å²) in [5.41, 5.74) is 9.40. The van der Waals surface area contributed by atoms with Gasteiger partial charge in [-0.15, -0.1) is 0 Å². The van der Waals surface area contributed by atoms with Crippen molar-refractivity contribution in [1.82, 2.24) is 4.98 Å². The van der Waals surface area contributed by atoms with E-state index in [-0.39, 0.29) is 5.92 Å². The van der Waals surface area contributed by atoms with Gasteiger partial charge < -0.3 is 4.98 Å². The second-order valence-electron chi connectivity index (χ2n) is 7.37. The number of rotatable bonds is 4. The molecule has 28 heavy (non-hydrogen) atoms. The second kappa shape index (κ2) is 7.36. The second-order valence-corrected chi connectivity index (χ2v) is 7.37. The molecule has 0 unspecified atom stereocenters. The Labute approximate surface area is 166 Å². The van der Waals surface area contributed by atoms with Crippen LogP contribution < -0.4 is 0 Å². The van der Waals surface area contributed by atoms with E-state index in [0.717, 1.165) is 12.8 Å². The van der Waals surface area contributed by atoms with E-state index >= 15 is 0 Å². The molecule has 5 rings (SSSR count). The first-order chi connectivity index (χ1) is 13.9. The van der Waals surface area contributed by atoms with Crippen LogP contribution in [-0.2, 0) is 6.42 Å². The molecule has 0 amide bonds. The molecule has 1 aliphatic rings. The maximum atomic E-state index is 3.43. The first-order valence-electron chi connectivity index (χ1n) is 9.98. The number of H-pyrrole nitrogens is 1. The van der Waals surface area contributed by atoms with Crippen LogP contribution in [0.5, 0.6) is 0 Å². The van der Waals surface area contributed by atoms with Gasteiger partial charge in [0.05, 0.1) is 0 Å². The number of aromatic amines is 1. The molecule has 0 atom stereocenters. The summed E-state index contributed by atoms with van der Waals surface area (Å²) in [7, 11) is 0. The summed E-state index contributed by atoms with van der Waals surface area (Å²) in [6, 6.07) is 32.8. The molecule has 3 aromatic carbocycles. The molecule has 4 aromatic rings. The lowest BCUT2D eigenvalue weighted by Crippen LogP contribution is -2.08. The molecule has 1 aromatic heterocycles. The van der Waals surface area contributed by atoms with Crippen molar-refractivity contribution >= 4 is 5.57 Å². The van der Waals surface area contributed by atoms with E-state index in [1.807, 2.05) is 0 Å². The molecule has 1 heterocycles. The molecule has 136 valence electrons. The number of aryl methyl sites for hydroxylation is 1. The van der Waals surface area contributed by atoms with Crippen LogP contribution >= 0.6 is 0 Å². The lowest BCUT2D eigenvalue weighted by Gasteiger charge is -2.24. The third kappa shape index (κ3) is 2.99. The maximum Gasteiger partial charge on any atom is 0.0346 e. The summed E-state index contributed by atoms with van der Waals surface area (Å²) in [5.74, 6) is 0.212. The average molecular weight is 361 g/mol. The van der Waals surface area contributed by atoms with Gasteiger partial charge in [0.25, 0.3) is 0 Å². The van der Waals surface area contributed by atoms with Crippen molar-refractivity contribution in [2.45, 2.75) is 18.8 Å². The quantitative estimate of drug-likeness (QED) is 0.396. The zero-order valence-corrected chi connectivity index (χ0v) is 15.8. The van der Waals surface area contributed by atoms with Crippen molar-refractivity contribution in [2.75, 3.05) is 0 Å². The van der Waals surface area contributed by atoms with E-state index in [1.165, 1.54) is 39.1 Å². The highest BCUT2D eigenvalue weighted by atomic mass is 14.7. The van der Waals surface area contributed by atoms with Crippen LogP contribution in [0.3, 0.4) is 0 Å². The van der Waals surface area contributed by atoms with Crippen molar-refractivity contribution < 1.29 is 0 Å². The number of fused-ring (bicyclic) bond motifs is 1. The molecule has 0 radical (unpaired) electrons. The molecular weight excluding hydrogens is 338 g/mol. The van der Waals surface area contributed by atoms with Gasteiger partial charge in [0.15, 0.2) is 0 Å². The van der Waals surface area contributed by atoms with Crippen molar-refractivity contribution in [3.8, 4) is 0 Å². The van der Waals surface area contributed by atoms with Crippen molar-refractivity contribution in [2.24, 2.45) is 0 Å². The average Bonchev–Trinajstić information content (AvgIpc) is 3.25. The molecule has 0 bridgehead atoms. The van der Waals surface area contributed by atoms with Crippen LogP contribution in [0, 0.1) is 0 Å². The summed E-state index contributed by atoms with van der Waals surface area (Å²) < 4.78 is 0. The molecule has 0 spiro atoms. The SMILES string of the molecule is C1=C(c2ccccc2C(c2ccccc2)c2ccccc2)c2cc[nH]c2CC1. The molecule has 0 saturated carbocycles. The fraction of sp³-hybridized carbons (Fsp3) is 0.111. The minimum absolute atomic E-state index is 0.212. The molecular formula is C27H23N. The van der Waals surface area contributed by atoms with Gasteiger partial charge in [-0.05, 0) is 46.7 Å². The number of aromatic nitrogens is 1. The Kier molecular flexibility index (Phi) is 4.42. The van der Waals surface area contributed by atoms with Gasteiger partial charge in [-0.3, -0.25) is 0 Å². The number of hydrogen-bond donors (Lipinski definition) is 1. The zero-order chi connectivity index (χ0) is 18.8. The first-order valence-corrected chi connectivity index (χ1v) is 9.98. The first kappa shape index (κ1) is 16.8. The zero-order valence-electron chi connectivity index (χ0n) is 15.8. The Morgan fingerprint density at radius 1 is 0.643 bits per heavy atom. The van der Waals surface area contributed by atoms with Gasteiger partial charge in [0, 0.05) is 23.4 Å². The van der Waals surface area contributed by atoms with Gasteiger partial charge in [0.1, 0.15) is 0 Å². The Morgan fingerprint density at radius 2 is 1.29 bits per heavy atom. The fourth-order valence-electron chi connectivity index (χ4n) is 4.43. The standard InChI is InChI=1S/C27H23N/c1-3-10-20(11-4-1)27(21-12-5-2-6-13-21)25-15-8-7-14-23(25)22-16-9-17-26-24(22)18-19-28-26/h1-8,10-16,18-19,27-28H,9,17H2. The van der Waals surface area contributed by atoms with Crippen molar-refractivity contribution in [3.63, 3.8) is 0 Å². The highest BCUT2D eigenvalue weighted by Crippen LogP contribution is 2.39. The lowest BCUT2D eigenvalue weighted by molar-refractivity contribution is 0.933. The smallest absolute Gasteiger partial charge is 0.0346 e. The van der Waals surface area contributed by atoms with E-state index < -0.39 is 0 Å². The minimum Gasteiger partial charge on any atom is -0.364 e. The predicted molar refractivity (Wildman–Crippen MR) is 116 cm³/mol. The topological polar surface area (TPSA) is 15.8 Å². The number of nitrogens with one attached hydrogen (secondary N) is 1. The van der Waals surface area contributed by atoms with Crippen LogP contribution in [0.1, 0.15) is 45.8 Å². The summed E-state index contributed by atoms with van der Waals surface area (Å²) in [5, 5.41) is 0. The molecule has 1 aliphatic carbocycles. The Balaban J connectivity index is 1.71. The Hall–Kier alpha value is -3.32. The van der Waals surface area contributed by atoms with Crippen LogP contribution in [0.25, 0.3) is 5.57 Å². The number of benzene rings is 3. The fourth-order valence-corrected chi connectivity index (χ4v) is 4.43. The number of allylic oxidation sites excluding steroid dienone is 1. The van der Waals surface area contributed by atoms with Crippen molar-refractivity contribution in [3.05, 3.63) is 137 Å². The van der Waals surface area contributed by atoms with Crippen LogP contribution in [-0.4, -0.2) is 4.98 Å². The summed E-state index contributed by atoms with van der Waals surface area (Å²) in [6.07, 6.45) is 6.65. The summed E-state index contributed by atoms with van der Waals surface area (Å²) >= 11 is 0. The highest BCUT2D eigenvalue weighted by Gasteiger charge is 2.23. The van der Waals surface area contributed by atoms with E-state index in [1.54, 1.807) is 0 Å². The molecule has 0 aliphatic heterocycles. The van der Waals surface area contributed by atoms with E-state index in [4.69, 9.17) is 0 Å². The van der Waals surface area contributed by atoms with Gasteiger partial charge in [-0.2, -0.15) is 0 Å². The van der Waals surface area contributed by atoms with Gasteiger partial charge in [-0.1, -0.05) is 91.0 Å². The largest absolute Gasteiger partial charge is 0.364 e. The Morgan fingerprint density at radius 3 is 2.00 bits per heavy atom. The monoisotopic (exact) mass is 361 g/mol. The van der Waals surface area contributed by atoms with E-state index in [9.17, 15) is 0 Å². The predicted octanol–water partition coefficient (Wildman–Crippen LogP) is 6.57. The van der Waals surface area contributed by atoms with Gasteiger partial charge in [0.2, 0.25) is 0 Å². The normalized spacial score (nSPS) is 13.2. The third-order valence-electron chi connectivity index (χ3n) is 5.69. The van der Waals surface area contributed by atoms with Crippen LogP contribution in [0.15, 0.2) is 103 Å². The summed E-state index contributed by atoms with van der Waals surface area (Å²) in [6.45, 7) is 0. The number of hydrogen-bond acceptors (Lipinski definition) is 0. The lowest BCUT2D eigenvalue weighted by atomic mass is 9.79. The minimum atomic E-state index is 0.212. The van der Waals surface area contributed by atoms with E-state index in [2.05, 4.69) is 108 Å². The molecule has 1 nitrogen and oxygen atoms in total. The van der Waals surface area contributed by atoms with Gasteiger partial charge >= 0.3 is 0 Å². The maximum absolute atomic E-state index is 3.43. The molecule has 0 fully saturated rings. The van der Waals surface area contributed by atoms with Crippen LogP contribution in [0.2, 0.25) is 0 Å². The van der Waals surface area contributed by atoms with Crippen LogP contribution in [0.4, 0.5) is 0 Å². The molecule has 0 saturated heterocycles. The van der Waals surface area contributed by atoms with Gasteiger partial charge in [-0.25, -0.2) is 0 Å². The molecule has 1 heteroatoms. The third-order valence-corrected chi connectivity index (χ3v) is 5.69. The van der Waals surface area contributed by atoms with E-state index in [0.29, 0.717) is 0 Å². The van der Waals surface area contributed by atoms with Crippen molar-refractivity contribution in [1.29, 1.82) is 0 Å². The molecule has 1 N–H and O–H groups in total. The highest BCUT2D eigenvalue weighted by molar-refractivity contribution is 5.84. The Bertz CT molecular complexity index is 1060.